The molecule has 3 fully saturated rings. The van der Waals surface area contributed by atoms with Gasteiger partial charge in [0.25, 0.3) is 0 Å². The number of carbonyl (C=O) groups excluding carboxylic acids is 3. The Bertz CT molecular complexity index is 764. The number of ether oxygens (including phenoxy) is 3. The first-order chi connectivity index (χ1) is 12.6. The van der Waals surface area contributed by atoms with Crippen LogP contribution in [0.3, 0.4) is 0 Å². The van der Waals surface area contributed by atoms with Crippen molar-refractivity contribution in [2.75, 3.05) is 0 Å². The highest BCUT2D eigenvalue weighted by Gasteiger charge is 2.59. The zero-order valence-corrected chi connectivity index (χ0v) is 15.7. The zero-order valence-electron chi connectivity index (χ0n) is 15.7. The second kappa shape index (κ2) is 6.73. The Morgan fingerprint density at radius 2 is 2.00 bits per heavy atom. The summed E-state index contributed by atoms with van der Waals surface area (Å²) >= 11 is 0. The van der Waals surface area contributed by atoms with Crippen molar-refractivity contribution >= 4 is 17.7 Å². The van der Waals surface area contributed by atoms with Crippen molar-refractivity contribution in [1.82, 2.24) is 0 Å². The van der Waals surface area contributed by atoms with Crippen molar-refractivity contribution in [2.24, 2.45) is 5.92 Å². The third kappa shape index (κ3) is 3.37. The molecule has 0 unspecified atom stereocenters. The fourth-order valence-corrected chi connectivity index (χ4v) is 3.69. The predicted molar refractivity (Wildman–Crippen MR) is 94.5 cm³/mol. The summed E-state index contributed by atoms with van der Waals surface area (Å²) < 4.78 is 16.5. The molecule has 1 aliphatic carbocycles. The van der Waals surface area contributed by atoms with Crippen molar-refractivity contribution in [3.63, 3.8) is 0 Å². The first kappa shape index (κ1) is 19.5. The van der Waals surface area contributed by atoms with E-state index in [1.807, 2.05) is 6.92 Å². The van der Waals surface area contributed by atoms with Gasteiger partial charge in [-0.3, -0.25) is 4.79 Å². The molecule has 2 aliphatic heterocycles. The number of esters is 2. The van der Waals surface area contributed by atoms with Crippen LogP contribution in [0.5, 0.6) is 0 Å². The van der Waals surface area contributed by atoms with Crippen molar-refractivity contribution < 1.29 is 33.7 Å². The standard InChI is InChI=1S/C20H24O7/c1-6-9(2)18(23)26-17-10(3)12(21)7-14-20(5,27-14)8-13-15(16(17)22)11(4)19(24)25-13/h6,13-17,22H,3-4,7-8H2,1-2,5H3/b9-6-/t13-,14-,15+,16+,17+,20-/m1/s1. The van der Waals surface area contributed by atoms with E-state index in [-0.39, 0.29) is 29.5 Å². The zero-order chi connectivity index (χ0) is 20.1. The number of hydrogen-bond acceptors (Lipinski definition) is 7. The van der Waals surface area contributed by atoms with Crippen LogP contribution in [0.2, 0.25) is 0 Å². The Morgan fingerprint density at radius 3 is 2.63 bits per heavy atom. The smallest absolute Gasteiger partial charge is 0.334 e. The Kier molecular flexibility index (Phi) is 4.86. The second-order valence-electron chi connectivity index (χ2n) is 7.56. The largest absolute Gasteiger partial charge is 0.458 e. The van der Waals surface area contributed by atoms with E-state index in [1.54, 1.807) is 19.9 Å². The molecule has 0 radical (unpaired) electrons. The molecular formula is C20H24O7. The molecule has 2 saturated heterocycles. The number of allylic oxidation sites excluding steroid dienone is 1. The molecule has 6 atom stereocenters. The Balaban J connectivity index is 1.97. The SMILES string of the molecule is C=C1C(=O)O[C@@H]2C[C@@]3(C)O[C@@H]3CC(=O)C(=C)[C@H](OC(=O)/C(C)=C\C)[C@@H](O)[C@@H]12. The lowest BCUT2D eigenvalue weighted by Crippen LogP contribution is -2.45. The quantitative estimate of drug-likeness (QED) is 0.441. The van der Waals surface area contributed by atoms with E-state index in [4.69, 9.17) is 14.2 Å². The van der Waals surface area contributed by atoms with Gasteiger partial charge in [-0.2, -0.15) is 0 Å². The minimum atomic E-state index is -1.39. The molecule has 7 heteroatoms. The summed E-state index contributed by atoms with van der Waals surface area (Å²) in [6, 6.07) is 0. The van der Waals surface area contributed by atoms with Gasteiger partial charge in [0.1, 0.15) is 12.2 Å². The lowest BCUT2D eigenvalue weighted by atomic mass is 9.79. The highest BCUT2D eigenvalue weighted by molar-refractivity contribution is 5.98. The summed E-state index contributed by atoms with van der Waals surface area (Å²) in [5, 5.41) is 11.0. The molecule has 27 heavy (non-hydrogen) atoms. The maximum absolute atomic E-state index is 12.6. The van der Waals surface area contributed by atoms with Crippen LogP contribution in [0.4, 0.5) is 0 Å². The van der Waals surface area contributed by atoms with Gasteiger partial charge in [0, 0.05) is 29.6 Å². The number of rotatable bonds is 2. The number of aliphatic hydroxyl groups is 1. The minimum absolute atomic E-state index is 0.0367. The predicted octanol–water partition coefficient (Wildman–Crippen LogP) is 1.40. The molecule has 1 saturated carbocycles. The number of epoxide rings is 1. The summed E-state index contributed by atoms with van der Waals surface area (Å²) in [5.74, 6) is -2.47. The minimum Gasteiger partial charge on any atom is -0.458 e. The monoisotopic (exact) mass is 376 g/mol. The molecule has 0 spiro atoms. The van der Waals surface area contributed by atoms with Crippen LogP contribution in [0, 0.1) is 5.92 Å². The van der Waals surface area contributed by atoms with E-state index in [1.165, 1.54) is 0 Å². The van der Waals surface area contributed by atoms with Gasteiger partial charge in [0.15, 0.2) is 11.9 Å². The summed E-state index contributed by atoms with van der Waals surface area (Å²) in [4.78, 5) is 36.9. The van der Waals surface area contributed by atoms with E-state index >= 15 is 0 Å². The van der Waals surface area contributed by atoms with E-state index in [2.05, 4.69) is 13.2 Å². The van der Waals surface area contributed by atoms with Crippen LogP contribution in [-0.4, -0.2) is 52.8 Å². The molecule has 3 rings (SSSR count). The average molecular weight is 376 g/mol. The molecule has 0 bridgehead atoms. The topological polar surface area (TPSA) is 102 Å². The van der Waals surface area contributed by atoms with Crippen molar-refractivity contribution in [3.8, 4) is 0 Å². The number of hydrogen-bond donors (Lipinski definition) is 1. The summed E-state index contributed by atoms with van der Waals surface area (Å²) in [6.07, 6.45) is -1.77. The highest BCUT2D eigenvalue weighted by Crippen LogP contribution is 2.48. The number of carbonyl (C=O) groups is 3. The Labute approximate surface area is 157 Å². The molecule has 0 amide bonds. The van der Waals surface area contributed by atoms with Crippen LogP contribution < -0.4 is 0 Å². The van der Waals surface area contributed by atoms with E-state index in [0.29, 0.717) is 12.0 Å². The van der Waals surface area contributed by atoms with Crippen LogP contribution in [-0.2, 0) is 28.6 Å². The summed E-state index contributed by atoms with van der Waals surface area (Å²) in [7, 11) is 0. The molecule has 7 nitrogen and oxygen atoms in total. The first-order valence-corrected chi connectivity index (χ1v) is 8.90. The summed E-state index contributed by atoms with van der Waals surface area (Å²) in [6.45, 7) is 12.6. The number of aliphatic hydroxyl groups excluding tert-OH is 1. The average Bonchev–Trinajstić information content (AvgIpc) is 3.15. The number of Topliss-reactive ketones (excluding diaryl/α,β-unsaturated/α-hetero) is 1. The van der Waals surface area contributed by atoms with Gasteiger partial charge in [0.05, 0.1) is 17.6 Å². The maximum atomic E-state index is 12.6. The molecule has 0 aromatic heterocycles. The molecule has 0 aromatic rings. The summed E-state index contributed by atoms with van der Waals surface area (Å²) in [5.41, 5.74) is -0.246. The molecule has 2 heterocycles. The van der Waals surface area contributed by atoms with Crippen molar-refractivity contribution in [2.45, 2.75) is 63.6 Å². The molecule has 1 N–H and O–H groups in total. The van der Waals surface area contributed by atoms with Gasteiger partial charge < -0.3 is 19.3 Å². The van der Waals surface area contributed by atoms with Crippen LogP contribution in [0.1, 0.15) is 33.6 Å². The van der Waals surface area contributed by atoms with Gasteiger partial charge in [-0.1, -0.05) is 19.2 Å². The van der Waals surface area contributed by atoms with Gasteiger partial charge in [-0.25, -0.2) is 9.59 Å². The third-order valence-electron chi connectivity index (χ3n) is 5.70. The highest BCUT2D eigenvalue weighted by atomic mass is 16.6. The van der Waals surface area contributed by atoms with Gasteiger partial charge in [-0.05, 0) is 20.8 Å². The van der Waals surface area contributed by atoms with E-state index in [9.17, 15) is 19.5 Å². The van der Waals surface area contributed by atoms with Crippen LogP contribution in [0.15, 0.2) is 36.0 Å². The van der Waals surface area contributed by atoms with Crippen molar-refractivity contribution in [1.29, 1.82) is 0 Å². The molecule has 146 valence electrons. The van der Waals surface area contributed by atoms with Gasteiger partial charge in [-0.15, -0.1) is 0 Å². The number of ketones is 1. The molecule has 0 aromatic carbocycles. The first-order valence-electron chi connectivity index (χ1n) is 8.90. The number of fused-ring (bicyclic) bond motifs is 2. The fraction of sp³-hybridized carbons (Fsp3) is 0.550. The molecule has 3 aliphatic rings. The Hall–Kier alpha value is -2.25. The lowest BCUT2D eigenvalue weighted by Gasteiger charge is -2.31. The third-order valence-corrected chi connectivity index (χ3v) is 5.70. The van der Waals surface area contributed by atoms with Crippen molar-refractivity contribution in [3.05, 3.63) is 36.0 Å². The van der Waals surface area contributed by atoms with E-state index in [0.717, 1.165) is 0 Å². The second-order valence-corrected chi connectivity index (χ2v) is 7.56. The van der Waals surface area contributed by atoms with Gasteiger partial charge >= 0.3 is 11.9 Å². The lowest BCUT2D eigenvalue weighted by molar-refractivity contribution is -0.152. The normalized spacial score (nSPS) is 39.4. The Morgan fingerprint density at radius 1 is 1.33 bits per heavy atom. The van der Waals surface area contributed by atoms with Gasteiger partial charge in [0.2, 0.25) is 0 Å². The van der Waals surface area contributed by atoms with Crippen LogP contribution in [0.25, 0.3) is 0 Å². The molecular weight excluding hydrogens is 352 g/mol. The van der Waals surface area contributed by atoms with E-state index < -0.39 is 41.8 Å². The fourth-order valence-electron chi connectivity index (χ4n) is 3.69. The van der Waals surface area contributed by atoms with Crippen LogP contribution >= 0.6 is 0 Å². The maximum Gasteiger partial charge on any atom is 0.334 e.